The van der Waals surface area contributed by atoms with Crippen molar-refractivity contribution in [1.29, 1.82) is 0 Å². The summed E-state index contributed by atoms with van der Waals surface area (Å²) in [6.45, 7) is 13.0. The molecule has 0 radical (unpaired) electrons. The molecule has 0 bridgehead atoms. The second-order valence-corrected chi connectivity index (χ2v) is 10.2. The van der Waals surface area contributed by atoms with Crippen LogP contribution < -0.4 is 15.2 Å². The van der Waals surface area contributed by atoms with Gasteiger partial charge in [-0.25, -0.2) is 14.4 Å². The summed E-state index contributed by atoms with van der Waals surface area (Å²) >= 11 is 0. The van der Waals surface area contributed by atoms with Gasteiger partial charge >= 0.3 is 24.4 Å². The van der Waals surface area contributed by atoms with Crippen LogP contribution in [0.5, 0.6) is 11.5 Å². The van der Waals surface area contributed by atoms with Gasteiger partial charge in [0.1, 0.15) is 18.8 Å². The standard InChI is InChI=1S/C27H41NO11/c1-16(2)12-33-25(30)36-15-19(7)37-24(29)21(28)10-20-8-9-22(38-26(31)34-13-17(3)4)23(11-20)39-27(32)35-14-18(5)6/h8-9,11,16-19,21H,10,12-15,28H2,1-7H3/t19-,21-/m0/s1. The van der Waals surface area contributed by atoms with Crippen molar-refractivity contribution in [3.8, 4) is 11.5 Å². The molecule has 1 rings (SSSR count). The highest BCUT2D eigenvalue weighted by molar-refractivity contribution is 5.76. The molecule has 1 aromatic carbocycles. The van der Waals surface area contributed by atoms with Crippen LogP contribution in [0.25, 0.3) is 0 Å². The van der Waals surface area contributed by atoms with Crippen molar-refractivity contribution in [2.45, 2.75) is 67.0 Å². The Labute approximate surface area is 229 Å². The number of hydrogen-bond donors (Lipinski definition) is 1. The number of hydrogen-bond acceptors (Lipinski definition) is 12. The first kappa shape index (κ1) is 33.5. The molecule has 12 heteroatoms. The van der Waals surface area contributed by atoms with Crippen LogP contribution >= 0.6 is 0 Å². The molecular weight excluding hydrogens is 514 g/mol. The number of nitrogens with two attached hydrogens (primary N) is 1. The van der Waals surface area contributed by atoms with Gasteiger partial charge in [-0.3, -0.25) is 4.79 Å². The van der Waals surface area contributed by atoms with Crippen LogP contribution in [0.3, 0.4) is 0 Å². The van der Waals surface area contributed by atoms with Crippen molar-refractivity contribution in [3.63, 3.8) is 0 Å². The highest BCUT2D eigenvalue weighted by atomic mass is 16.7. The fourth-order valence-electron chi connectivity index (χ4n) is 2.67. The highest BCUT2D eigenvalue weighted by Crippen LogP contribution is 2.30. The first-order chi connectivity index (χ1) is 18.3. The molecule has 0 aliphatic carbocycles. The molecular formula is C27H41NO11. The predicted octanol–water partition coefficient (Wildman–Crippen LogP) is 4.64. The van der Waals surface area contributed by atoms with E-state index < -0.39 is 36.6 Å². The lowest BCUT2D eigenvalue weighted by Gasteiger charge is -2.18. The molecule has 0 aromatic heterocycles. The van der Waals surface area contributed by atoms with E-state index in [1.807, 2.05) is 41.5 Å². The van der Waals surface area contributed by atoms with E-state index in [0.29, 0.717) is 5.56 Å². The first-order valence-corrected chi connectivity index (χ1v) is 12.8. The van der Waals surface area contributed by atoms with Crippen LogP contribution in [0.4, 0.5) is 14.4 Å². The van der Waals surface area contributed by atoms with E-state index in [2.05, 4.69) is 0 Å². The van der Waals surface area contributed by atoms with Gasteiger partial charge in [0.2, 0.25) is 0 Å². The lowest BCUT2D eigenvalue weighted by molar-refractivity contribution is -0.152. The van der Waals surface area contributed by atoms with Crippen LogP contribution in [0.1, 0.15) is 54.0 Å². The normalized spacial score (nSPS) is 12.5. The summed E-state index contributed by atoms with van der Waals surface area (Å²) in [5.74, 6) is -0.617. The van der Waals surface area contributed by atoms with Crippen molar-refractivity contribution in [2.75, 3.05) is 26.4 Å². The summed E-state index contributed by atoms with van der Waals surface area (Å²) in [5.41, 5.74) is 6.49. The van der Waals surface area contributed by atoms with Crippen LogP contribution in [0.2, 0.25) is 0 Å². The third-order valence-corrected chi connectivity index (χ3v) is 4.51. The fourth-order valence-corrected chi connectivity index (χ4v) is 2.67. The molecule has 220 valence electrons. The largest absolute Gasteiger partial charge is 0.513 e. The summed E-state index contributed by atoms with van der Waals surface area (Å²) in [7, 11) is 0. The lowest BCUT2D eigenvalue weighted by atomic mass is 10.1. The Bertz CT molecular complexity index is 946. The summed E-state index contributed by atoms with van der Waals surface area (Å²) in [4.78, 5) is 48.2. The number of carbonyl (C=O) groups excluding carboxylic acids is 4. The summed E-state index contributed by atoms with van der Waals surface area (Å²) in [6.07, 6.45) is -3.59. The quantitative estimate of drug-likeness (QED) is 0.193. The lowest BCUT2D eigenvalue weighted by Crippen LogP contribution is -2.37. The molecule has 1 aromatic rings. The second kappa shape index (κ2) is 17.1. The average molecular weight is 556 g/mol. The molecule has 2 atom stereocenters. The topological polar surface area (TPSA) is 159 Å². The van der Waals surface area contributed by atoms with E-state index in [-0.39, 0.29) is 62.1 Å². The van der Waals surface area contributed by atoms with Crippen molar-refractivity contribution >= 4 is 24.4 Å². The van der Waals surface area contributed by atoms with Gasteiger partial charge in [-0.2, -0.15) is 0 Å². The van der Waals surface area contributed by atoms with E-state index in [4.69, 9.17) is 38.9 Å². The Morgan fingerprint density at radius 2 is 1.13 bits per heavy atom. The SMILES string of the molecule is CC(C)COC(=O)OC[C@H](C)OC(=O)[C@@H](N)Cc1ccc(OC(=O)OCC(C)C)c(OC(=O)OCC(C)C)c1. The summed E-state index contributed by atoms with van der Waals surface area (Å²) in [6, 6.07) is 3.23. The molecule has 0 fully saturated rings. The maximum Gasteiger partial charge on any atom is 0.513 e. The van der Waals surface area contributed by atoms with Gasteiger partial charge in [-0.15, -0.1) is 0 Å². The molecule has 0 aliphatic rings. The van der Waals surface area contributed by atoms with Crippen molar-refractivity contribution in [3.05, 3.63) is 23.8 Å². The monoisotopic (exact) mass is 555 g/mol. The molecule has 12 nitrogen and oxygen atoms in total. The predicted molar refractivity (Wildman–Crippen MR) is 139 cm³/mol. The number of ether oxygens (including phenoxy) is 7. The van der Waals surface area contributed by atoms with Crippen LogP contribution in [0.15, 0.2) is 18.2 Å². The van der Waals surface area contributed by atoms with Gasteiger partial charge in [0.25, 0.3) is 0 Å². The van der Waals surface area contributed by atoms with Gasteiger partial charge in [-0.05, 0) is 48.8 Å². The molecule has 0 saturated carbocycles. The number of carbonyl (C=O) groups is 4. The smallest absolute Gasteiger partial charge is 0.458 e. The Morgan fingerprint density at radius 3 is 1.64 bits per heavy atom. The van der Waals surface area contributed by atoms with Gasteiger partial charge in [-0.1, -0.05) is 47.6 Å². The van der Waals surface area contributed by atoms with E-state index in [1.54, 1.807) is 13.0 Å². The van der Waals surface area contributed by atoms with Gasteiger partial charge in [0.05, 0.1) is 19.8 Å². The van der Waals surface area contributed by atoms with Crippen LogP contribution in [0, 0.1) is 17.8 Å². The van der Waals surface area contributed by atoms with E-state index in [9.17, 15) is 19.2 Å². The third kappa shape index (κ3) is 14.8. The molecule has 0 spiro atoms. The van der Waals surface area contributed by atoms with Gasteiger partial charge in [0, 0.05) is 0 Å². The second-order valence-electron chi connectivity index (χ2n) is 10.2. The molecule has 39 heavy (non-hydrogen) atoms. The molecule has 2 N–H and O–H groups in total. The average Bonchev–Trinajstić information content (AvgIpc) is 2.85. The van der Waals surface area contributed by atoms with Gasteiger partial charge < -0.3 is 38.9 Å². The van der Waals surface area contributed by atoms with Crippen LogP contribution in [-0.2, 0) is 34.9 Å². The molecule has 0 saturated heterocycles. The fraction of sp³-hybridized carbons (Fsp3) is 0.630. The summed E-state index contributed by atoms with van der Waals surface area (Å²) in [5, 5.41) is 0. The van der Waals surface area contributed by atoms with E-state index in [0.717, 1.165) is 0 Å². The Hall–Kier alpha value is -3.54. The highest BCUT2D eigenvalue weighted by Gasteiger charge is 2.22. The van der Waals surface area contributed by atoms with Gasteiger partial charge in [0.15, 0.2) is 11.5 Å². The van der Waals surface area contributed by atoms with E-state index >= 15 is 0 Å². The minimum Gasteiger partial charge on any atom is -0.458 e. The van der Waals surface area contributed by atoms with Crippen LogP contribution in [-0.4, -0.2) is 63.0 Å². The maximum atomic E-state index is 12.5. The Balaban J connectivity index is 2.83. The summed E-state index contributed by atoms with van der Waals surface area (Å²) < 4.78 is 35.6. The minimum absolute atomic E-state index is 0.00167. The van der Waals surface area contributed by atoms with E-state index in [1.165, 1.54) is 12.1 Å². The Morgan fingerprint density at radius 1 is 0.667 bits per heavy atom. The number of esters is 1. The first-order valence-electron chi connectivity index (χ1n) is 12.8. The number of rotatable bonds is 14. The number of benzene rings is 1. The molecule has 0 aliphatic heterocycles. The third-order valence-electron chi connectivity index (χ3n) is 4.51. The Kier molecular flexibility index (Phi) is 14.7. The van der Waals surface area contributed by atoms with Crippen molar-refractivity contribution < 1.29 is 52.3 Å². The minimum atomic E-state index is -1.09. The van der Waals surface area contributed by atoms with Crippen molar-refractivity contribution in [1.82, 2.24) is 0 Å². The zero-order valence-corrected chi connectivity index (χ0v) is 23.7. The zero-order valence-electron chi connectivity index (χ0n) is 23.7. The molecule has 0 unspecified atom stereocenters. The maximum absolute atomic E-state index is 12.5. The zero-order chi connectivity index (χ0) is 29.5. The van der Waals surface area contributed by atoms with Crippen molar-refractivity contribution in [2.24, 2.45) is 23.5 Å². The molecule has 0 amide bonds. The molecule has 0 heterocycles.